The maximum Gasteiger partial charge on any atom is 0.163 e. The van der Waals surface area contributed by atoms with E-state index in [-0.39, 0.29) is 6.04 Å². The highest BCUT2D eigenvalue weighted by Gasteiger charge is 2.37. The summed E-state index contributed by atoms with van der Waals surface area (Å²) >= 11 is 0. The van der Waals surface area contributed by atoms with E-state index in [1.807, 2.05) is 48.0 Å². The van der Waals surface area contributed by atoms with E-state index in [0.29, 0.717) is 19.0 Å². The minimum absolute atomic E-state index is 0.00214. The van der Waals surface area contributed by atoms with Crippen molar-refractivity contribution in [2.24, 2.45) is 0 Å². The molecule has 1 atom stereocenters. The predicted octanol–water partition coefficient (Wildman–Crippen LogP) is 2.99. The summed E-state index contributed by atoms with van der Waals surface area (Å²) < 4.78 is 7.77. The molecule has 0 spiro atoms. The SMILES string of the molecule is Cc1nnc2n1-c1cnc(-c3cccnc3-c3ccccc3)nc1N1CCOCC21. The number of pyridine rings is 1. The van der Waals surface area contributed by atoms with Gasteiger partial charge in [-0.25, -0.2) is 9.97 Å². The van der Waals surface area contributed by atoms with Crippen molar-refractivity contribution in [1.29, 1.82) is 0 Å². The van der Waals surface area contributed by atoms with E-state index in [1.165, 1.54) is 0 Å². The summed E-state index contributed by atoms with van der Waals surface area (Å²) in [6.45, 7) is 3.92. The van der Waals surface area contributed by atoms with Gasteiger partial charge in [0.1, 0.15) is 17.6 Å². The fourth-order valence-electron chi connectivity index (χ4n) is 4.24. The molecule has 8 nitrogen and oxygen atoms in total. The molecule has 0 N–H and O–H groups in total. The van der Waals surface area contributed by atoms with E-state index in [1.54, 1.807) is 6.20 Å². The van der Waals surface area contributed by atoms with Crippen LogP contribution in [0.4, 0.5) is 5.82 Å². The van der Waals surface area contributed by atoms with Crippen LogP contribution in [0.2, 0.25) is 0 Å². The molecule has 4 aromatic rings. The molecule has 0 aliphatic carbocycles. The van der Waals surface area contributed by atoms with Crippen molar-refractivity contribution in [2.45, 2.75) is 13.0 Å². The standard InChI is InChI=1S/C22H19N7O/c1-14-26-27-22-18-13-30-11-10-28(18)21-17(29(14)22)12-24-20(25-21)16-8-5-9-23-19(16)15-6-3-2-4-7-15/h2-9,12,18H,10-11,13H2,1H3. The Kier molecular flexibility index (Phi) is 3.85. The number of rotatable bonds is 2. The lowest BCUT2D eigenvalue weighted by Gasteiger charge is -2.40. The third-order valence-corrected chi connectivity index (χ3v) is 5.64. The molecule has 6 rings (SSSR count). The Morgan fingerprint density at radius 3 is 2.83 bits per heavy atom. The number of aryl methyl sites for hydroxylation is 1. The minimum atomic E-state index is -0.00214. The van der Waals surface area contributed by atoms with Gasteiger partial charge < -0.3 is 9.64 Å². The number of hydrogen-bond donors (Lipinski definition) is 0. The van der Waals surface area contributed by atoms with Gasteiger partial charge in [-0.05, 0) is 19.1 Å². The van der Waals surface area contributed by atoms with Crippen molar-refractivity contribution in [3.8, 4) is 28.3 Å². The number of anilines is 1. The van der Waals surface area contributed by atoms with Crippen molar-refractivity contribution >= 4 is 5.82 Å². The molecule has 0 radical (unpaired) electrons. The first-order valence-corrected chi connectivity index (χ1v) is 9.96. The summed E-state index contributed by atoms with van der Waals surface area (Å²) in [6, 6.07) is 14.1. The highest BCUT2D eigenvalue weighted by molar-refractivity contribution is 5.78. The minimum Gasteiger partial charge on any atom is -0.377 e. The Morgan fingerprint density at radius 2 is 1.93 bits per heavy atom. The Labute approximate surface area is 173 Å². The number of benzene rings is 1. The van der Waals surface area contributed by atoms with Gasteiger partial charge in [-0.2, -0.15) is 0 Å². The van der Waals surface area contributed by atoms with Crippen LogP contribution < -0.4 is 4.90 Å². The van der Waals surface area contributed by atoms with Gasteiger partial charge in [0.2, 0.25) is 0 Å². The van der Waals surface area contributed by atoms with Gasteiger partial charge in [0.25, 0.3) is 0 Å². The highest BCUT2D eigenvalue weighted by atomic mass is 16.5. The summed E-state index contributed by atoms with van der Waals surface area (Å²) in [7, 11) is 0. The number of fused-ring (bicyclic) bond motifs is 6. The van der Waals surface area contributed by atoms with Gasteiger partial charge in [-0.3, -0.25) is 9.55 Å². The van der Waals surface area contributed by atoms with E-state index in [2.05, 4.69) is 32.2 Å². The molecular weight excluding hydrogens is 378 g/mol. The molecule has 1 fully saturated rings. The average Bonchev–Trinajstić information content (AvgIpc) is 3.21. The van der Waals surface area contributed by atoms with Crippen LogP contribution in [-0.2, 0) is 4.74 Å². The molecule has 30 heavy (non-hydrogen) atoms. The Bertz CT molecular complexity index is 1240. The van der Waals surface area contributed by atoms with Gasteiger partial charge in [0, 0.05) is 23.9 Å². The summed E-state index contributed by atoms with van der Waals surface area (Å²) in [5.41, 5.74) is 3.71. The molecule has 148 valence electrons. The van der Waals surface area contributed by atoms with Gasteiger partial charge in [-0.1, -0.05) is 30.3 Å². The summed E-state index contributed by atoms with van der Waals surface area (Å²) in [5.74, 6) is 3.23. The largest absolute Gasteiger partial charge is 0.377 e. The maximum absolute atomic E-state index is 5.74. The smallest absolute Gasteiger partial charge is 0.163 e. The second kappa shape index (κ2) is 6.70. The second-order valence-electron chi connectivity index (χ2n) is 7.39. The van der Waals surface area contributed by atoms with Gasteiger partial charge in [0.05, 0.1) is 25.1 Å². The fourth-order valence-corrected chi connectivity index (χ4v) is 4.24. The molecule has 8 heteroatoms. The van der Waals surface area contributed by atoms with Gasteiger partial charge >= 0.3 is 0 Å². The van der Waals surface area contributed by atoms with Crippen LogP contribution in [-0.4, -0.2) is 49.5 Å². The molecule has 0 saturated carbocycles. The third-order valence-electron chi connectivity index (χ3n) is 5.64. The first kappa shape index (κ1) is 17.2. The van der Waals surface area contributed by atoms with Crippen LogP contribution in [0, 0.1) is 6.92 Å². The van der Waals surface area contributed by atoms with Crippen molar-refractivity contribution in [3.05, 3.63) is 66.5 Å². The molecule has 0 bridgehead atoms. The number of nitrogens with zero attached hydrogens (tertiary/aromatic N) is 7. The zero-order chi connectivity index (χ0) is 20.1. The van der Waals surface area contributed by atoms with Crippen LogP contribution in [0.3, 0.4) is 0 Å². The molecule has 0 amide bonds. The highest BCUT2D eigenvalue weighted by Crippen LogP contribution is 2.39. The van der Waals surface area contributed by atoms with Crippen molar-refractivity contribution < 1.29 is 4.74 Å². The summed E-state index contributed by atoms with van der Waals surface area (Å²) in [4.78, 5) is 16.6. The Morgan fingerprint density at radius 1 is 1.03 bits per heavy atom. The van der Waals surface area contributed by atoms with E-state index >= 15 is 0 Å². The monoisotopic (exact) mass is 397 g/mol. The molecule has 2 aliphatic rings. The normalized spacial score (nSPS) is 17.2. The van der Waals surface area contributed by atoms with Crippen LogP contribution in [0.25, 0.3) is 28.3 Å². The van der Waals surface area contributed by atoms with Crippen LogP contribution in [0.15, 0.2) is 54.9 Å². The predicted molar refractivity (Wildman–Crippen MR) is 111 cm³/mol. The van der Waals surface area contributed by atoms with E-state index < -0.39 is 0 Å². The van der Waals surface area contributed by atoms with Crippen LogP contribution in [0.5, 0.6) is 0 Å². The molecule has 2 aliphatic heterocycles. The molecule has 1 saturated heterocycles. The van der Waals surface area contributed by atoms with Crippen molar-refractivity contribution in [1.82, 2.24) is 29.7 Å². The quantitative estimate of drug-likeness (QED) is 0.514. The average molecular weight is 397 g/mol. The summed E-state index contributed by atoms with van der Waals surface area (Å²) in [5, 5.41) is 8.69. The number of ether oxygens (including phenoxy) is 1. The number of morpholine rings is 1. The Hall–Kier alpha value is -3.65. The first-order valence-electron chi connectivity index (χ1n) is 9.96. The van der Waals surface area contributed by atoms with E-state index in [9.17, 15) is 0 Å². The molecule has 5 heterocycles. The lowest BCUT2D eigenvalue weighted by Crippen LogP contribution is -2.44. The molecular formula is C22H19N7O. The lowest BCUT2D eigenvalue weighted by molar-refractivity contribution is 0.0894. The Balaban J connectivity index is 1.54. The van der Waals surface area contributed by atoms with E-state index in [0.717, 1.165) is 46.5 Å². The van der Waals surface area contributed by atoms with Gasteiger partial charge in [-0.15, -0.1) is 10.2 Å². The van der Waals surface area contributed by atoms with Gasteiger partial charge in [0.15, 0.2) is 17.5 Å². The van der Waals surface area contributed by atoms with Crippen LogP contribution in [0.1, 0.15) is 17.7 Å². The zero-order valence-corrected chi connectivity index (χ0v) is 16.4. The fraction of sp³-hybridized carbons (Fsp3) is 0.227. The number of hydrogen-bond acceptors (Lipinski definition) is 7. The maximum atomic E-state index is 5.74. The van der Waals surface area contributed by atoms with Crippen molar-refractivity contribution in [3.63, 3.8) is 0 Å². The molecule has 1 unspecified atom stereocenters. The topological polar surface area (TPSA) is 81.8 Å². The first-order chi connectivity index (χ1) is 14.8. The molecule has 3 aromatic heterocycles. The van der Waals surface area contributed by atoms with E-state index in [4.69, 9.17) is 14.7 Å². The molecule has 1 aromatic carbocycles. The van der Waals surface area contributed by atoms with Crippen molar-refractivity contribution in [2.75, 3.05) is 24.7 Å². The van der Waals surface area contributed by atoms with Crippen LogP contribution >= 0.6 is 0 Å². The zero-order valence-electron chi connectivity index (χ0n) is 16.4. The number of aromatic nitrogens is 6. The third kappa shape index (κ3) is 2.54. The lowest BCUT2D eigenvalue weighted by atomic mass is 10.1. The summed E-state index contributed by atoms with van der Waals surface area (Å²) in [6.07, 6.45) is 3.67. The second-order valence-corrected chi connectivity index (χ2v) is 7.39.